The molecule has 2 aliphatic heterocycles. The molecule has 1 saturated heterocycles. The lowest BCUT2D eigenvalue weighted by atomic mass is 9.80. The Morgan fingerprint density at radius 1 is 1.02 bits per heavy atom. The van der Waals surface area contributed by atoms with Crippen LogP contribution in [0.5, 0.6) is 0 Å². The first-order valence-corrected chi connectivity index (χ1v) is 16.2. The molecule has 3 heterocycles. The number of nitrogens with zero attached hydrogens (tertiary/aromatic N) is 3. The summed E-state index contributed by atoms with van der Waals surface area (Å²) in [6.07, 6.45) is 5.22. The smallest absolute Gasteiger partial charge is 0.254 e. The van der Waals surface area contributed by atoms with E-state index in [1.165, 1.54) is 11.3 Å². The number of fused-ring (bicyclic) bond motifs is 1. The maximum atomic E-state index is 14.0. The monoisotopic (exact) mass is 570 g/mol. The average molecular weight is 571 g/mol. The molecule has 216 valence electrons. The molecular weight excluding hydrogens is 528 g/mol. The van der Waals surface area contributed by atoms with E-state index in [1.54, 1.807) is 11.3 Å². The van der Waals surface area contributed by atoms with E-state index >= 15 is 0 Å². The van der Waals surface area contributed by atoms with Gasteiger partial charge in [-0.15, -0.1) is 11.3 Å². The fourth-order valence-corrected chi connectivity index (χ4v) is 8.09. The van der Waals surface area contributed by atoms with Gasteiger partial charge < -0.3 is 15.1 Å². The van der Waals surface area contributed by atoms with Gasteiger partial charge in [-0.1, -0.05) is 49.2 Å². The number of aryl methyl sites for hydroxylation is 1. The zero-order chi connectivity index (χ0) is 28.3. The van der Waals surface area contributed by atoms with E-state index in [2.05, 4.69) is 69.6 Å². The number of carbonyl (C=O) groups is 2. The highest BCUT2D eigenvalue weighted by molar-refractivity contribution is 7.10. The zero-order valence-electron chi connectivity index (χ0n) is 24.3. The lowest BCUT2D eigenvalue weighted by Crippen LogP contribution is -2.52. The van der Waals surface area contributed by atoms with E-state index in [-0.39, 0.29) is 23.9 Å². The van der Waals surface area contributed by atoms with Crippen molar-refractivity contribution in [3.05, 3.63) is 87.6 Å². The minimum atomic E-state index is -0.402. The topological polar surface area (TPSA) is 55.9 Å². The quantitative estimate of drug-likeness (QED) is 0.338. The summed E-state index contributed by atoms with van der Waals surface area (Å²) < 4.78 is 0. The van der Waals surface area contributed by atoms with Gasteiger partial charge in [-0.3, -0.25) is 14.5 Å². The predicted octanol–water partition coefficient (Wildman–Crippen LogP) is 6.00. The number of anilines is 1. The third kappa shape index (κ3) is 5.80. The van der Waals surface area contributed by atoms with Crippen molar-refractivity contribution in [2.75, 3.05) is 37.6 Å². The molecule has 0 spiro atoms. The van der Waals surface area contributed by atoms with Crippen molar-refractivity contribution in [2.24, 2.45) is 0 Å². The van der Waals surface area contributed by atoms with Crippen LogP contribution in [0, 0.1) is 6.92 Å². The fourth-order valence-electron chi connectivity index (χ4n) is 7.23. The van der Waals surface area contributed by atoms with Gasteiger partial charge in [0.1, 0.15) is 0 Å². The number of nitrogens with one attached hydrogen (secondary N) is 1. The molecule has 2 aromatic carbocycles. The van der Waals surface area contributed by atoms with Crippen molar-refractivity contribution in [1.82, 2.24) is 15.1 Å². The third-order valence-electron chi connectivity index (χ3n) is 9.21. The Hall–Kier alpha value is -3.16. The summed E-state index contributed by atoms with van der Waals surface area (Å²) in [6.45, 7) is 9.13. The second-order valence-electron chi connectivity index (χ2n) is 12.0. The maximum Gasteiger partial charge on any atom is 0.254 e. The Bertz CT molecular complexity index is 1350. The van der Waals surface area contributed by atoms with Gasteiger partial charge >= 0.3 is 0 Å². The largest absolute Gasteiger partial charge is 0.366 e. The van der Waals surface area contributed by atoms with Crippen molar-refractivity contribution >= 4 is 28.8 Å². The minimum absolute atomic E-state index is 0.0315. The highest BCUT2D eigenvalue weighted by Gasteiger charge is 2.47. The fraction of sp³-hybridized carbons (Fsp3) is 0.471. The van der Waals surface area contributed by atoms with Gasteiger partial charge in [0, 0.05) is 54.4 Å². The summed E-state index contributed by atoms with van der Waals surface area (Å²) in [4.78, 5) is 36.1. The number of piperazine rings is 1. The lowest BCUT2D eigenvalue weighted by Gasteiger charge is -2.44. The highest BCUT2D eigenvalue weighted by Crippen LogP contribution is 2.47. The zero-order valence-corrected chi connectivity index (χ0v) is 25.1. The molecule has 1 N–H and O–H groups in total. The summed E-state index contributed by atoms with van der Waals surface area (Å²) in [5.74, 6) is -0.293. The standard InChI is InChI=1S/C34H42N4O2S/c1-24-10-7-13-27(22-24)37-20-19-36(23-25(37)2)18-9-17-35-33(39)31-28-14-5-6-15-29(28)34(40)38(26-11-3-4-12-26)32(31)30-16-8-21-41-30/h5-8,10,13-16,21-22,25-26,31-32H,3-4,9,11-12,17-20,23H2,1-2H3,(H,35,39)/t25-,31+,32-/m0/s1. The second-order valence-corrected chi connectivity index (χ2v) is 13.0. The molecule has 2 fully saturated rings. The molecule has 0 bridgehead atoms. The second kappa shape index (κ2) is 12.4. The first-order valence-electron chi connectivity index (χ1n) is 15.3. The SMILES string of the molecule is Cc1cccc(N2CCN(CCCNC(=O)[C@@H]3c4ccccc4C(=O)N(C4CCCC4)[C@H]3c3cccs3)C[C@@H]2C)c1. The summed E-state index contributed by atoms with van der Waals surface area (Å²) >= 11 is 1.65. The summed E-state index contributed by atoms with van der Waals surface area (Å²) in [5.41, 5.74) is 4.16. The molecule has 7 heteroatoms. The first-order chi connectivity index (χ1) is 20.0. The maximum absolute atomic E-state index is 14.0. The average Bonchev–Trinajstić information content (AvgIpc) is 3.70. The van der Waals surface area contributed by atoms with Gasteiger partial charge in [0.25, 0.3) is 5.91 Å². The number of hydrogen-bond acceptors (Lipinski definition) is 5. The van der Waals surface area contributed by atoms with Crippen LogP contribution in [0.15, 0.2) is 66.0 Å². The number of hydrogen-bond donors (Lipinski definition) is 1. The van der Waals surface area contributed by atoms with Crippen LogP contribution in [0.3, 0.4) is 0 Å². The van der Waals surface area contributed by atoms with Crippen LogP contribution in [0.4, 0.5) is 5.69 Å². The van der Waals surface area contributed by atoms with Crippen LogP contribution in [-0.4, -0.2) is 66.4 Å². The van der Waals surface area contributed by atoms with Gasteiger partial charge in [0.2, 0.25) is 5.91 Å². The predicted molar refractivity (Wildman–Crippen MR) is 167 cm³/mol. The van der Waals surface area contributed by atoms with Crippen molar-refractivity contribution in [3.63, 3.8) is 0 Å². The number of benzene rings is 2. The number of carbonyl (C=O) groups excluding carboxylic acids is 2. The number of thiophene rings is 1. The van der Waals surface area contributed by atoms with E-state index < -0.39 is 5.92 Å². The molecule has 6 rings (SSSR count). The summed E-state index contributed by atoms with van der Waals surface area (Å²) in [5, 5.41) is 5.35. The molecule has 3 aliphatic rings. The van der Waals surface area contributed by atoms with Gasteiger partial charge in [-0.2, -0.15) is 0 Å². The van der Waals surface area contributed by atoms with Crippen molar-refractivity contribution in [3.8, 4) is 0 Å². The Kier molecular flexibility index (Phi) is 8.45. The van der Waals surface area contributed by atoms with Gasteiger partial charge in [0.05, 0.1) is 12.0 Å². The molecule has 0 unspecified atom stereocenters. The van der Waals surface area contributed by atoms with E-state index in [1.807, 2.05) is 30.3 Å². The summed E-state index contributed by atoms with van der Waals surface area (Å²) in [7, 11) is 0. The minimum Gasteiger partial charge on any atom is -0.366 e. The van der Waals surface area contributed by atoms with Crippen molar-refractivity contribution in [2.45, 2.75) is 70.0 Å². The van der Waals surface area contributed by atoms with Crippen LogP contribution < -0.4 is 10.2 Å². The number of rotatable bonds is 8. The van der Waals surface area contributed by atoms with Gasteiger partial charge in [0.15, 0.2) is 0 Å². The Morgan fingerprint density at radius 2 is 1.85 bits per heavy atom. The van der Waals surface area contributed by atoms with E-state index in [9.17, 15) is 9.59 Å². The molecule has 41 heavy (non-hydrogen) atoms. The molecule has 6 nitrogen and oxygen atoms in total. The van der Waals surface area contributed by atoms with Crippen LogP contribution in [0.1, 0.15) is 77.3 Å². The summed E-state index contributed by atoms with van der Waals surface area (Å²) in [6, 6.07) is 21.1. The molecule has 2 amide bonds. The van der Waals surface area contributed by atoms with Crippen molar-refractivity contribution in [1.29, 1.82) is 0 Å². The van der Waals surface area contributed by atoms with Crippen molar-refractivity contribution < 1.29 is 9.59 Å². The highest BCUT2D eigenvalue weighted by atomic mass is 32.1. The Labute approximate surface area is 248 Å². The van der Waals surface area contributed by atoms with E-state index in [4.69, 9.17) is 0 Å². The molecule has 1 aromatic heterocycles. The lowest BCUT2D eigenvalue weighted by molar-refractivity contribution is -0.124. The van der Waals surface area contributed by atoms with Gasteiger partial charge in [-0.25, -0.2) is 0 Å². The number of amides is 2. The van der Waals surface area contributed by atoms with Crippen LogP contribution >= 0.6 is 11.3 Å². The van der Waals surface area contributed by atoms with E-state index in [0.717, 1.165) is 68.7 Å². The molecule has 1 saturated carbocycles. The third-order valence-corrected chi connectivity index (χ3v) is 10.1. The van der Waals surface area contributed by atoms with Crippen LogP contribution in [-0.2, 0) is 4.79 Å². The molecule has 1 aliphatic carbocycles. The van der Waals surface area contributed by atoms with Crippen LogP contribution in [0.2, 0.25) is 0 Å². The molecule has 3 aromatic rings. The first kappa shape index (κ1) is 28.0. The normalized spacial score (nSPS) is 23.6. The Balaban J connectivity index is 1.12. The molecular formula is C34H42N4O2S. The van der Waals surface area contributed by atoms with E-state index in [0.29, 0.717) is 18.2 Å². The van der Waals surface area contributed by atoms with Crippen LogP contribution in [0.25, 0.3) is 0 Å². The molecule has 0 radical (unpaired) electrons. The Morgan fingerprint density at radius 3 is 2.61 bits per heavy atom. The molecule has 3 atom stereocenters. The van der Waals surface area contributed by atoms with Gasteiger partial charge in [-0.05, 0) is 80.4 Å².